The van der Waals surface area contributed by atoms with Crippen molar-refractivity contribution >= 4 is 17.7 Å². The van der Waals surface area contributed by atoms with E-state index in [2.05, 4.69) is 24.1 Å². The predicted octanol–water partition coefficient (Wildman–Crippen LogP) is 1.72. The summed E-state index contributed by atoms with van der Waals surface area (Å²) in [6.45, 7) is 7.71. The summed E-state index contributed by atoms with van der Waals surface area (Å²) in [6.07, 6.45) is 6.31. The number of rotatable bonds is 7. The predicted molar refractivity (Wildman–Crippen MR) is 117 cm³/mol. The van der Waals surface area contributed by atoms with Crippen molar-refractivity contribution in [1.82, 2.24) is 20.0 Å². The van der Waals surface area contributed by atoms with E-state index in [4.69, 9.17) is 0 Å². The van der Waals surface area contributed by atoms with E-state index in [9.17, 15) is 14.4 Å². The number of hydrogen-bond acceptors (Lipinski definition) is 4. The molecule has 2 heterocycles. The van der Waals surface area contributed by atoms with Gasteiger partial charge in [0, 0.05) is 51.1 Å². The Hall–Kier alpha value is -1.63. The molecule has 1 unspecified atom stereocenters. The molecule has 1 atom stereocenters. The van der Waals surface area contributed by atoms with Crippen LogP contribution in [0.3, 0.4) is 0 Å². The summed E-state index contributed by atoms with van der Waals surface area (Å²) in [5.74, 6) is 0.141. The van der Waals surface area contributed by atoms with Gasteiger partial charge >= 0.3 is 0 Å². The van der Waals surface area contributed by atoms with Crippen molar-refractivity contribution in [3.63, 3.8) is 0 Å². The van der Waals surface area contributed by atoms with E-state index in [1.54, 1.807) is 0 Å². The third kappa shape index (κ3) is 5.74. The largest absolute Gasteiger partial charge is 0.355 e. The van der Waals surface area contributed by atoms with Gasteiger partial charge in [0.05, 0.1) is 5.92 Å². The van der Waals surface area contributed by atoms with Crippen LogP contribution in [0.5, 0.6) is 0 Å². The van der Waals surface area contributed by atoms with E-state index in [0.717, 1.165) is 19.4 Å². The molecule has 170 valence electrons. The van der Waals surface area contributed by atoms with Crippen LogP contribution in [0.1, 0.15) is 58.8 Å². The van der Waals surface area contributed by atoms with Gasteiger partial charge in [0.15, 0.2) is 0 Å². The second-order valence-electron chi connectivity index (χ2n) is 10.6. The average Bonchev–Trinajstić information content (AvgIpc) is 3.34. The molecule has 2 saturated heterocycles. The molecule has 2 aliphatic heterocycles. The van der Waals surface area contributed by atoms with Gasteiger partial charge in [0.25, 0.3) is 0 Å². The number of nitrogens with one attached hydrogen (secondary N) is 1. The van der Waals surface area contributed by atoms with Crippen molar-refractivity contribution in [2.75, 3.05) is 46.8 Å². The van der Waals surface area contributed by atoms with Crippen molar-refractivity contribution in [3.05, 3.63) is 0 Å². The summed E-state index contributed by atoms with van der Waals surface area (Å²) in [5, 5.41) is 3.12. The van der Waals surface area contributed by atoms with Gasteiger partial charge in [0.1, 0.15) is 0 Å². The number of carbonyl (C=O) groups excluding carboxylic acids is 3. The Labute approximate surface area is 181 Å². The van der Waals surface area contributed by atoms with E-state index in [0.29, 0.717) is 51.5 Å². The lowest BCUT2D eigenvalue weighted by molar-refractivity contribution is -0.139. The molecule has 0 aromatic rings. The summed E-state index contributed by atoms with van der Waals surface area (Å²) >= 11 is 0. The van der Waals surface area contributed by atoms with Crippen molar-refractivity contribution in [1.29, 1.82) is 0 Å². The lowest BCUT2D eigenvalue weighted by Crippen LogP contribution is -2.47. The molecule has 3 amide bonds. The zero-order valence-electron chi connectivity index (χ0n) is 19.3. The molecule has 0 bridgehead atoms. The van der Waals surface area contributed by atoms with Crippen LogP contribution in [0.4, 0.5) is 0 Å². The van der Waals surface area contributed by atoms with Gasteiger partial charge in [-0.2, -0.15) is 0 Å². The first-order valence-electron chi connectivity index (χ1n) is 11.7. The Morgan fingerprint density at radius 2 is 1.70 bits per heavy atom. The Bertz CT molecular complexity index is 634. The minimum atomic E-state index is -0.199. The van der Waals surface area contributed by atoms with Gasteiger partial charge in [-0.05, 0) is 45.2 Å². The van der Waals surface area contributed by atoms with E-state index < -0.39 is 0 Å². The number of piperidine rings is 1. The number of nitrogens with zero attached hydrogens (tertiary/aromatic N) is 3. The van der Waals surface area contributed by atoms with Gasteiger partial charge in [0.2, 0.25) is 17.7 Å². The zero-order valence-corrected chi connectivity index (χ0v) is 19.3. The number of hydrogen-bond donors (Lipinski definition) is 1. The highest BCUT2D eigenvalue weighted by Crippen LogP contribution is 2.31. The second kappa shape index (κ2) is 9.67. The number of carbonyl (C=O) groups is 3. The molecule has 1 aliphatic carbocycles. The minimum absolute atomic E-state index is 0.0237. The lowest BCUT2D eigenvalue weighted by Gasteiger charge is -2.34. The first-order chi connectivity index (χ1) is 14.2. The monoisotopic (exact) mass is 420 g/mol. The maximum Gasteiger partial charge on any atom is 0.227 e. The van der Waals surface area contributed by atoms with Gasteiger partial charge in [-0.25, -0.2) is 0 Å². The molecule has 0 aromatic carbocycles. The second-order valence-corrected chi connectivity index (χ2v) is 10.6. The average molecular weight is 421 g/mol. The number of likely N-dealkylation sites (tertiary alicyclic amines) is 2. The van der Waals surface area contributed by atoms with E-state index in [1.165, 1.54) is 12.8 Å². The molecule has 3 rings (SSSR count). The standard InChI is InChI=1S/C23H40N4O3/c1-23(2,16-25(3)4)15-24-21(29)17-9-11-26(12-10-17)22(30)18-13-20(28)27(14-18)19-7-5-6-8-19/h17-19H,5-16H2,1-4H3,(H,24,29). The van der Waals surface area contributed by atoms with E-state index >= 15 is 0 Å². The van der Waals surface area contributed by atoms with Gasteiger partial charge < -0.3 is 20.0 Å². The summed E-state index contributed by atoms with van der Waals surface area (Å²) in [4.78, 5) is 44.0. The molecule has 7 heteroatoms. The van der Waals surface area contributed by atoms with E-state index in [1.807, 2.05) is 23.9 Å². The molecule has 1 N–H and O–H groups in total. The Balaban J connectivity index is 1.43. The highest BCUT2D eigenvalue weighted by Gasteiger charge is 2.41. The summed E-state index contributed by atoms with van der Waals surface area (Å²) in [7, 11) is 4.09. The zero-order chi connectivity index (χ0) is 21.9. The molecule has 0 radical (unpaired) electrons. The fraction of sp³-hybridized carbons (Fsp3) is 0.870. The molecule has 1 saturated carbocycles. The highest BCUT2D eigenvalue weighted by atomic mass is 16.2. The first-order valence-corrected chi connectivity index (χ1v) is 11.7. The van der Waals surface area contributed by atoms with Crippen LogP contribution < -0.4 is 5.32 Å². The van der Waals surface area contributed by atoms with Crippen LogP contribution in [-0.2, 0) is 14.4 Å². The molecule has 3 aliphatic rings. The molecule has 0 spiro atoms. The van der Waals surface area contributed by atoms with Crippen molar-refractivity contribution in [2.24, 2.45) is 17.3 Å². The van der Waals surface area contributed by atoms with Crippen molar-refractivity contribution in [3.8, 4) is 0 Å². The minimum Gasteiger partial charge on any atom is -0.355 e. The molecular formula is C23H40N4O3. The van der Waals surface area contributed by atoms with Crippen molar-refractivity contribution in [2.45, 2.75) is 64.8 Å². The summed E-state index contributed by atoms with van der Waals surface area (Å²) in [5.41, 5.74) is 0.0238. The van der Waals surface area contributed by atoms with Gasteiger partial charge in [-0.1, -0.05) is 26.7 Å². The summed E-state index contributed by atoms with van der Waals surface area (Å²) in [6, 6.07) is 0.349. The molecule has 0 aromatic heterocycles. The third-order valence-corrected chi connectivity index (χ3v) is 6.94. The van der Waals surface area contributed by atoms with Crippen LogP contribution in [0.15, 0.2) is 0 Å². The Kier molecular flexibility index (Phi) is 7.43. The van der Waals surface area contributed by atoms with Crippen LogP contribution in [0.2, 0.25) is 0 Å². The Morgan fingerprint density at radius 3 is 2.30 bits per heavy atom. The molecule has 7 nitrogen and oxygen atoms in total. The van der Waals surface area contributed by atoms with E-state index in [-0.39, 0.29) is 35.0 Å². The van der Waals surface area contributed by atoms with Gasteiger partial charge in [-0.3, -0.25) is 14.4 Å². The van der Waals surface area contributed by atoms with Crippen LogP contribution in [-0.4, -0.2) is 85.3 Å². The number of amides is 3. The summed E-state index contributed by atoms with van der Waals surface area (Å²) < 4.78 is 0. The first kappa shape index (κ1) is 23.0. The normalized spacial score (nSPS) is 24.2. The van der Waals surface area contributed by atoms with Gasteiger partial charge in [-0.15, -0.1) is 0 Å². The topological polar surface area (TPSA) is 73.0 Å². The molecule has 30 heavy (non-hydrogen) atoms. The van der Waals surface area contributed by atoms with Crippen LogP contribution >= 0.6 is 0 Å². The van der Waals surface area contributed by atoms with Crippen molar-refractivity contribution < 1.29 is 14.4 Å². The third-order valence-electron chi connectivity index (χ3n) is 6.94. The highest BCUT2D eigenvalue weighted by molar-refractivity contribution is 5.89. The fourth-order valence-corrected chi connectivity index (χ4v) is 5.47. The van der Waals surface area contributed by atoms with Crippen LogP contribution in [0, 0.1) is 17.3 Å². The molecule has 3 fully saturated rings. The van der Waals surface area contributed by atoms with Crippen LogP contribution in [0.25, 0.3) is 0 Å². The fourth-order valence-electron chi connectivity index (χ4n) is 5.47. The maximum atomic E-state index is 13.0. The smallest absolute Gasteiger partial charge is 0.227 e. The molecular weight excluding hydrogens is 380 g/mol. The maximum absolute atomic E-state index is 13.0. The SMILES string of the molecule is CN(C)CC(C)(C)CNC(=O)C1CCN(C(=O)C2CC(=O)N(C3CCCC3)C2)CC1. The quantitative estimate of drug-likeness (QED) is 0.681. The Morgan fingerprint density at radius 1 is 1.07 bits per heavy atom. The lowest BCUT2D eigenvalue weighted by atomic mass is 9.91.